The molecular formula is C2Cl3F2NS. The van der Waals surface area contributed by atoms with E-state index in [9.17, 15) is 8.78 Å². The van der Waals surface area contributed by atoms with Crippen LogP contribution in [0.25, 0.3) is 0 Å². The average Bonchev–Trinajstić information content (AvgIpc) is 1.62. The number of hydrogen-bond acceptors (Lipinski definition) is 2. The number of aliphatic imine (C=N–C) groups is 1. The van der Waals surface area contributed by atoms with Crippen molar-refractivity contribution in [3.05, 3.63) is 0 Å². The van der Waals surface area contributed by atoms with E-state index in [2.05, 4.69) is 16.6 Å². The molecule has 9 heavy (non-hydrogen) atoms. The lowest BCUT2D eigenvalue weighted by Gasteiger charge is -1.97. The van der Waals surface area contributed by atoms with Gasteiger partial charge in [0, 0.05) is 11.0 Å². The highest BCUT2D eigenvalue weighted by Crippen LogP contribution is 2.24. The summed E-state index contributed by atoms with van der Waals surface area (Å²) in [6.45, 7) is 0. The first-order valence-corrected chi connectivity index (χ1v) is 3.96. The Morgan fingerprint density at radius 1 is 1.56 bits per heavy atom. The zero-order valence-corrected chi connectivity index (χ0v) is 6.83. The van der Waals surface area contributed by atoms with Gasteiger partial charge >= 0.3 is 5.51 Å². The number of nitrogens with zero attached hydrogens (tertiary/aromatic N) is 1. The fourth-order valence-corrected chi connectivity index (χ4v) is 0.654. The summed E-state index contributed by atoms with van der Waals surface area (Å²) in [5, 5.41) is 0. The second-order valence-electron chi connectivity index (χ2n) is 0.910. The van der Waals surface area contributed by atoms with Gasteiger partial charge in [0.25, 0.3) is 0 Å². The van der Waals surface area contributed by atoms with Crippen LogP contribution in [-0.2, 0) is 0 Å². The van der Waals surface area contributed by atoms with E-state index < -0.39 is 10.0 Å². The van der Waals surface area contributed by atoms with Crippen LogP contribution in [0.5, 0.6) is 0 Å². The maximum atomic E-state index is 11.6. The third-order valence-electron chi connectivity index (χ3n) is 0.278. The third-order valence-corrected chi connectivity index (χ3v) is 1.57. The molecule has 0 aromatic rings. The second kappa shape index (κ2) is 3.81. The van der Waals surface area contributed by atoms with Crippen molar-refractivity contribution in [1.29, 1.82) is 0 Å². The molecule has 0 aliphatic heterocycles. The molecule has 1 nitrogen and oxygen atoms in total. The molecule has 54 valence electrons. The molecule has 0 N–H and O–H groups in total. The second-order valence-corrected chi connectivity index (χ2v) is 2.95. The van der Waals surface area contributed by atoms with Crippen LogP contribution in [0.1, 0.15) is 0 Å². The van der Waals surface area contributed by atoms with Gasteiger partial charge in [0.1, 0.15) is 0 Å². The van der Waals surface area contributed by atoms with Crippen LogP contribution in [0.15, 0.2) is 4.99 Å². The topological polar surface area (TPSA) is 12.4 Å². The summed E-state index contributed by atoms with van der Waals surface area (Å²) in [5.74, 6) is 0. The van der Waals surface area contributed by atoms with Gasteiger partial charge in [-0.3, -0.25) is 0 Å². The van der Waals surface area contributed by atoms with E-state index in [4.69, 9.17) is 22.3 Å². The molecule has 0 saturated heterocycles. The van der Waals surface area contributed by atoms with Gasteiger partial charge in [0.05, 0.1) is 0 Å². The molecule has 0 unspecified atom stereocenters. The van der Waals surface area contributed by atoms with E-state index in [1.807, 2.05) is 0 Å². The van der Waals surface area contributed by atoms with Crippen LogP contribution in [0.2, 0.25) is 0 Å². The first kappa shape index (κ1) is 9.75. The maximum absolute atomic E-state index is 11.6. The molecular weight excluding hydrogens is 214 g/mol. The Bertz CT molecular complexity index is 121. The zero-order valence-electron chi connectivity index (χ0n) is 3.75. The Labute approximate surface area is 68.9 Å². The Hall–Kier alpha value is 0.750. The molecule has 0 rings (SSSR count). The van der Waals surface area contributed by atoms with Crippen molar-refractivity contribution >= 4 is 49.4 Å². The van der Waals surface area contributed by atoms with Gasteiger partial charge in [-0.1, -0.05) is 11.6 Å². The molecule has 0 aromatic carbocycles. The number of halogens is 5. The molecule has 0 aliphatic rings. The van der Waals surface area contributed by atoms with Crippen LogP contribution in [-0.4, -0.2) is 10.0 Å². The molecule has 0 radical (unpaired) electrons. The van der Waals surface area contributed by atoms with Gasteiger partial charge in [0.15, 0.2) is 4.50 Å². The van der Waals surface area contributed by atoms with Crippen LogP contribution in [0.4, 0.5) is 8.78 Å². The Morgan fingerprint density at radius 3 is 2.11 bits per heavy atom. The summed E-state index contributed by atoms with van der Waals surface area (Å²) < 4.78 is 22.7. The molecule has 7 heteroatoms. The summed E-state index contributed by atoms with van der Waals surface area (Å²) in [6.07, 6.45) is 0. The molecule has 0 aliphatic carbocycles. The van der Waals surface area contributed by atoms with Crippen molar-refractivity contribution in [3.63, 3.8) is 0 Å². The van der Waals surface area contributed by atoms with Crippen molar-refractivity contribution in [2.45, 2.75) is 5.51 Å². The third kappa shape index (κ3) is 6.64. The normalized spacial score (nSPS) is 14.1. The molecule has 0 fully saturated rings. The number of rotatable bonds is 1. The summed E-state index contributed by atoms with van der Waals surface area (Å²) in [4.78, 5) is 2.47. The fourth-order valence-electron chi connectivity index (χ4n) is 0.117. The molecule has 0 aromatic heterocycles. The number of hydrogen-bond donors (Lipinski definition) is 0. The van der Waals surface area contributed by atoms with E-state index in [-0.39, 0.29) is 0 Å². The quantitative estimate of drug-likeness (QED) is 0.282. The molecule has 0 amide bonds. The van der Waals surface area contributed by atoms with Crippen LogP contribution < -0.4 is 0 Å². The average molecular weight is 214 g/mol. The highest BCUT2D eigenvalue weighted by atomic mass is 35.7. The van der Waals surface area contributed by atoms with Crippen molar-refractivity contribution in [3.8, 4) is 0 Å². The minimum Gasteiger partial charge on any atom is -0.181 e. The van der Waals surface area contributed by atoms with Crippen LogP contribution in [0.3, 0.4) is 0 Å². The SMILES string of the molecule is FC(F)(Cl)/N=C(\Cl)SCl. The molecule has 0 atom stereocenters. The molecule has 0 heterocycles. The Kier molecular flexibility index (Phi) is 4.12. The highest BCUT2D eigenvalue weighted by Gasteiger charge is 2.23. The van der Waals surface area contributed by atoms with Crippen molar-refractivity contribution in [2.24, 2.45) is 4.99 Å². The fraction of sp³-hybridized carbons (Fsp3) is 0.500. The maximum Gasteiger partial charge on any atom is 0.426 e. The lowest BCUT2D eigenvalue weighted by Crippen LogP contribution is -2.01. The molecule has 0 bridgehead atoms. The largest absolute Gasteiger partial charge is 0.426 e. The highest BCUT2D eigenvalue weighted by molar-refractivity contribution is 8.34. The smallest absolute Gasteiger partial charge is 0.181 e. The van der Waals surface area contributed by atoms with Crippen molar-refractivity contribution in [2.75, 3.05) is 0 Å². The zero-order chi connectivity index (χ0) is 7.49. The van der Waals surface area contributed by atoms with E-state index in [1.165, 1.54) is 0 Å². The van der Waals surface area contributed by atoms with E-state index in [0.29, 0.717) is 11.0 Å². The van der Waals surface area contributed by atoms with Gasteiger partial charge in [0.2, 0.25) is 0 Å². The Morgan fingerprint density at radius 2 is 2.00 bits per heavy atom. The van der Waals surface area contributed by atoms with Gasteiger partial charge < -0.3 is 0 Å². The predicted molar refractivity (Wildman–Crippen MR) is 37.5 cm³/mol. The Balaban J connectivity index is 3.95. The first-order chi connectivity index (χ1) is 3.95. The lowest BCUT2D eigenvalue weighted by atomic mass is 11.2. The lowest BCUT2D eigenvalue weighted by molar-refractivity contribution is 0.108. The summed E-state index contributed by atoms with van der Waals surface area (Å²) >= 11 is 9.30. The van der Waals surface area contributed by atoms with Crippen molar-refractivity contribution < 1.29 is 8.78 Å². The van der Waals surface area contributed by atoms with Gasteiger partial charge in [-0.15, -0.1) is 0 Å². The van der Waals surface area contributed by atoms with Crippen molar-refractivity contribution in [1.82, 2.24) is 0 Å². The van der Waals surface area contributed by atoms with Gasteiger partial charge in [-0.05, 0) is 22.3 Å². The monoisotopic (exact) mass is 213 g/mol. The molecule has 0 spiro atoms. The van der Waals surface area contributed by atoms with E-state index in [1.54, 1.807) is 0 Å². The summed E-state index contributed by atoms with van der Waals surface area (Å²) in [5.41, 5.74) is -3.65. The first-order valence-electron chi connectivity index (χ1n) is 1.56. The van der Waals surface area contributed by atoms with Crippen LogP contribution >= 0.6 is 44.9 Å². The minimum absolute atomic E-state index is 0.375. The summed E-state index contributed by atoms with van der Waals surface area (Å²) in [7, 11) is 5.29. The predicted octanol–water partition coefficient (Wildman–Crippen LogP) is 3.26. The van der Waals surface area contributed by atoms with Gasteiger partial charge in [-0.25, -0.2) is 0 Å². The van der Waals surface area contributed by atoms with Crippen LogP contribution in [0, 0.1) is 0 Å². The van der Waals surface area contributed by atoms with Gasteiger partial charge in [-0.2, -0.15) is 13.8 Å². The number of alkyl halides is 3. The minimum atomic E-state index is -3.65. The van der Waals surface area contributed by atoms with E-state index >= 15 is 0 Å². The summed E-state index contributed by atoms with van der Waals surface area (Å²) in [6, 6.07) is 0. The standard InChI is InChI=1S/C2Cl3F2NS/c3-1(9-5)8-2(4,6)7/b8-1+. The van der Waals surface area contributed by atoms with E-state index in [0.717, 1.165) is 0 Å². The molecule has 0 saturated carbocycles.